The Kier molecular flexibility index (Phi) is 6.67. The van der Waals surface area contributed by atoms with Crippen LogP contribution < -0.4 is 16.3 Å². The van der Waals surface area contributed by atoms with Crippen molar-refractivity contribution in [3.63, 3.8) is 0 Å². The molecular weight excluding hydrogens is 534 g/mol. The maximum atomic E-state index is 12.2. The summed E-state index contributed by atoms with van der Waals surface area (Å²) in [4.78, 5) is 28.9. The molecule has 3 aliphatic heterocycles. The molecule has 0 amide bonds. The lowest BCUT2D eigenvalue weighted by atomic mass is 9.71. The van der Waals surface area contributed by atoms with Crippen molar-refractivity contribution in [2.45, 2.75) is 37.6 Å². The Balaban J connectivity index is 1.24. The van der Waals surface area contributed by atoms with Crippen molar-refractivity contribution >= 4 is 28.2 Å². The van der Waals surface area contributed by atoms with E-state index in [0.29, 0.717) is 40.1 Å². The van der Waals surface area contributed by atoms with Gasteiger partial charge in [-0.25, -0.2) is 9.78 Å². The predicted octanol–water partition coefficient (Wildman–Crippen LogP) is 4.57. The number of aromatic nitrogens is 4. The molecule has 0 unspecified atom stereocenters. The fourth-order valence-electron chi connectivity index (χ4n) is 6.03. The second kappa shape index (κ2) is 10.7. The molecule has 2 aromatic carbocycles. The van der Waals surface area contributed by atoms with E-state index < -0.39 is 6.04 Å². The molecule has 2 bridgehead atoms. The van der Waals surface area contributed by atoms with Crippen LogP contribution in [0.2, 0.25) is 0 Å². The van der Waals surface area contributed by atoms with Gasteiger partial charge in [0.2, 0.25) is 5.95 Å². The molecule has 3 aliphatic rings. The predicted molar refractivity (Wildman–Crippen MR) is 158 cm³/mol. The SMILES string of the molecule is Cc1cc2cc(Nc3ncc(-c4nc(C56CCN(CC5)CC6)no4)c(N[C@H](CO)c4ccccc4)n3)ccc2c(=O)o1. The number of aryl methyl sites for hydroxylation is 1. The van der Waals surface area contributed by atoms with E-state index >= 15 is 0 Å². The molecule has 8 rings (SSSR count). The lowest BCUT2D eigenvalue weighted by molar-refractivity contribution is 0.0747. The van der Waals surface area contributed by atoms with E-state index in [9.17, 15) is 9.90 Å². The number of nitrogens with zero attached hydrogens (tertiary/aromatic N) is 5. The highest BCUT2D eigenvalue weighted by atomic mass is 16.5. The average molecular weight is 566 g/mol. The van der Waals surface area contributed by atoms with Gasteiger partial charge in [-0.3, -0.25) is 0 Å². The highest BCUT2D eigenvalue weighted by Crippen LogP contribution is 2.42. The number of hydrogen-bond acceptors (Lipinski definition) is 11. The topological polar surface area (TPSA) is 142 Å². The van der Waals surface area contributed by atoms with Gasteiger partial charge >= 0.3 is 5.63 Å². The highest BCUT2D eigenvalue weighted by Gasteiger charge is 2.44. The molecule has 3 N–H and O–H groups in total. The molecule has 3 saturated heterocycles. The highest BCUT2D eigenvalue weighted by molar-refractivity contribution is 5.85. The maximum absolute atomic E-state index is 12.2. The Hall–Kier alpha value is -4.61. The van der Waals surface area contributed by atoms with Gasteiger partial charge in [-0.1, -0.05) is 35.5 Å². The lowest BCUT2D eigenvalue weighted by Gasteiger charge is -2.46. The van der Waals surface area contributed by atoms with Gasteiger partial charge in [0.15, 0.2) is 5.82 Å². The maximum Gasteiger partial charge on any atom is 0.343 e. The van der Waals surface area contributed by atoms with Crippen LogP contribution in [0.4, 0.5) is 17.5 Å². The second-order valence-electron chi connectivity index (χ2n) is 11.1. The number of fused-ring (bicyclic) bond motifs is 4. The monoisotopic (exact) mass is 565 g/mol. The quantitative estimate of drug-likeness (QED) is 0.243. The minimum absolute atomic E-state index is 0.0597. The second-order valence-corrected chi connectivity index (χ2v) is 11.1. The summed E-state index contributed by atoms with van der Waals surface area (Å²) in [5, 5.41) is 22.6. The molecule has 5 aromatic rings. The van der Waals surface area contributed by atoms with Gasteiger partial charge in [0.25, 0.3) is 5.89 Å². The van der Waals surface area contributed by atoms with Crippen LogP contribution in [0.15, 0.2) is 74.5 Å². The summed E-state index contributed by atoms with van der Waals surface area (Å²) in [6.07, 6.45) is 4.70. The molecule has 0 saturated carbocycles. The van der Waals surface area contributed by atoms with Gasteiger partial charge in [0, 0.05) is 17.3 Å². The summed E-state index contributed by atoms with van der Waals surface area (Å²) in [6.45, 7) is 4.74. The third-order valence-corrected chi connectivity index (χ3v) is 8.47. The zero-order valence-corrected chi connectivity index (χ0v) is 23.2. The van der Waals surface area contributed by atoms with E-state index in [1.165, 1.54) is 0 Å². The molecular formula is C31H31N7O4. The average Bonchev–Trinajstić information content (AvgIpc) is 3.52. The van der Waals surface area contributed by atoms with Crippen molar-refractivity contribution in [3.05, 3.63) is 88.4 Å². The third kappa shape index (κ3) is 4.90. The van der Waals surface area contributed by atoms with Gasteiger partial charge in [0.1, 0.15) is 17.1 Å². The molecule has 3 fully saturated rings. The first-order valence-electron chi connectivity index (χ1n) is 14.2. The van der Waals surface area contributed by atoms with Gasteiger partial charge in [-0.15, -0.1) is 0 Å². The van der Waals surface area contributed by atoms with E-state index in [1.54, 1.807) is 25.3 Å². The summed E-state index contributed by atoms with van der Waals surface area (Å²) < 4.78 is 11.0. The Bertz CT molecular complexity index is 1780. The van der Waals surface area contributed by atoms with Crippen molar-refractivity contribution in [1.82, 2.24) is 25.0 Å². The molecule has 11 nitrogen and oxygen atoms in total. The van der Waals surface area contributed by atoms with Crippen LogP contribution in [-0.4, -0.2) is 56.4 Å². The van der Waals surface area contributed by atoms with E-state index in [4.69, 9.17) is 18.9 Å². The standard InChI is InChI=1S/C31H31N7O4/c1-19-15-21-16-22(7-8-23(21)28(40)41-19)33-30-32-17-24(26(35-30)34-25(18-39)20-5-3-2-4-6-20)27-36-29(37-42-27)31-9-12-38(13-10-31)14-11-31/h2-8,15-17,25,39H,9-14,18H2,1H3,(H2,32,33,34,35)/t25-/m1/s1. The molecule has 214 valence electrons. The number of hydrogen-bond donors (Lipinski definition) is 3. The molecule has 0 aliphatic carbocycles. The number of aliphatic hydroxyl groups excluding tert-OH is 1. The van der Waals surface area contributed by atoms with E-state index in [0.717, 1.165) is 55.7 Å². The first kappa shape index (κ1) is 26.3. The normalized spacial score (nSPS) is 20.5. The summed E-state index contributed by atoms with van der Waals surface area (Å²) in [5.41, 5.74) is 1.72. The van der Waals surface area contributed by atoms with Gasteiger partial charge in [-0.05, 0) is 81.0 Å². The Labute approximate surface area is 241 Å². The van der Waals surface area contributed by atoms with Crippen LogP contribution in [-0.2, 0) is 5.41 Å². The van der Waals surface area contributed by atoms with Crippen LogP contribution in [0, 0.1) is 6.92 Å². The van der Waals surface area contributed by atoms with Crippen LogP contribution in [0.1, 0.15) is 42.5 Å². The van der Waals surface area contributed by atoms with Gasteiger partial charge in [0.05, 0.1) is 18.0 Å². The summed E-state index contributed by atoms with van der Waals surface area (Å²) in [7, 11) is 0. The van der Waals surface area contributed by atoms with E-state index in [1.807, 2.05) is 42.5 Å². The number of benzene rings is 2. The Morgan fingerprint density at radius 3 is 2.60 bits per heavy atom. The number of anilines is 3. The van der Waals surface area contributed by atoms with Crippen LogP contribution >= 0.6 is 0 Å². The van der Waals surface area contributed by atoms with Crippen LogP contribution in [0.25, 0.3) is 22.2 Å². The smallest absolute Gasteiger partial charge is 0.343 e. The third-order valence-electron chi connectivity index (χ3n) is 8.47. The van der Waals surface area contributed by atoms with Gasteiger partial charge in [-0.2, -0.15) is 9.97 Å². The summed E-state index contributed by atoms with van der Waals surface area (Å²) in [6, 6.07) is 16.4. The first-order valence-corrected chi connectivity index (χ1v) is 14.2. The molecule has 42 heavy (non-hydrogen) atoms. The molecule has 1 atom stereocenters. The Morgan fingerprint density at radius 2 is 1.83 bits per heavy atom. The zero-order valence-electron chi connectivity index (χ0n) is 23.2. The van der Waals surface area contributed by atoms with Crippen molar-refractivity contribution in [2.24, 2.45) is 0 Å². The number of aliphatic hydroxyl groups is 1. The van der Waals surface area contributed by atoms with Crippen LogP contribution in [0.3, 0.4) is 0 Å². The van der Waals surface area contributed by atoms with Crippen molar-refractivity contribution in [2.75, 3.05) is 36.9 Å². The lowest BCUT2D eigenvalue weighted by Crippen LogP contribution is -2.51. The van der Waals surface area contributed by atoms with Crippen LogP contribution in [0.5, 0.6) is 0 Å². The van der Waals surface area contributed by atoms with Crippen molar-refractivity contribution in [1.29, 1.82) is 0 Å². The molecule has 11 heteroatoms. The molecule has 0 spiro atoms. The minimum atomic E-state index is -0.431. The van der Waals surface area contributed by atoms with Crippen molar-refractivity contribution in [3.8, 4) is 11.5 Å². The zero-order chi connectivity index (χ0) is 28.7. The number of nitrogens with one attached hydrogen (secondary N) is 2. The summed E-state index contributed by atoms with van der Waals surface area (Å²) in [5.74, 6) is 2.37. The largest absolute Gasteiger partial charge is 0.428 e. The molecule has 6 heterocycles. The molecule has 0 radical (unpaired) electrons. The fourth-order valence-corrected chi connectivity index (χ4v) is 6.03. The Morgan fingerprint density at radius 1 is 1.05 bits per heavy atom. The van der Waals surface area contributed by atoms with Gasteiger partial charge < -0.3 is 29.6 Å². The summed E-state index contributed by atoms with van der Waals surface area (Å²) >= 11 is 0. The molecule has 3 aromatic heterocycles. The van der Waals surface area contributed by atoms with E-state index in [-0.39, 0.29) is 17.6 Å². The van der Waals surface area contributed by atoms with E-state index in [2.05, 4.69) is 25.7 Å². The minimum Gasteiger partial charge on any atom is -0.428 e. The first-order chi connectivity index (χ1) is 20.5. The fraction of sp³-hybridized carbons (Fsp3) is 0.323. The number of piperidine rings is 3. The number of rotatable bonds is 8. The van der Waals surface area contributed by atoms with Crippen molar-refractivity contribution < 1.29 is 14.0 Å².